The summed E-state index contributed by atoms with van der Waals surface area (Å²) in [6.45, 7) is 0. The standard InChI is InChI=1S/C18H15NO/c20-18-14-9-4-5-11-16(14)19(13-7-2-1-3-8-13)17-12-6-10-15(17)18/h1-5,7-9,11H,6,10,12H2. The van der Waals surface area contributed by atoms with E-state index >= 15 is 0 Å². The predicted octanol–water partition coefficient (Wildman–Crippen LogP) is 3.48. The lowest BCUT2D eigenvalue weighted by atomic mass is 10.1. The molecule has 0 aliphatic heterocycles. The van der Waals surface area contributed by atoms with Crippen LogP contribution in [0.15, 0.2) is 59.4 Å². The molecular weight excluding hydrogens is 246 g/mol. The van der Waals surface area contributed by atoms with Gasteiger partial charge < -0.3 is 4.57 Å². The normalized spacial score (nSPS) is 13.6. The van der Waals surface area contributed by atoms with E-state index in [0.717, 1.165) is 41.4 Å². The van der Waals surface area contributed by atoms with E-state index in [-0.39, 0.29) is 5.43 Å². The van der Waals surface area contributed by atoms with Crippen LogP contribution in [0.5, 0.6) is 0 Å². The molecular formula is C18H15NO. The topological polar surface area (TPSA) is 22.0 Å². The molecule has 0 radical (unpaired) electrons. The van der Waals surface area contributed by atoms with Gasteiger partial charge in [-0.25, -0.2) is 0 Å². The largest absolute Gasteiger partial charge is 0.313 e. The maximum atomic E-state index is 12.6. The van der Waals surface area contributed by atoms with Gasteiger partial charge in [-0.05, 0) is 43.5 Å². The first-order chi connectivity index (χ1) is 9.86. The van der Waals surface area contributed by atoms with Crippen molar-refractivity contribution in [3.8, 4) is 5.69 Å². The number of hydrogen-bond acceptors (Lipinski definition) is 1. The molecule has 0 unspecified atom stereocenters. The molecule has 1 heterocycles. The quantitative estimate of drug-likeness (QED) is 0.657. The number of aromatic nitrogens is 1. The second-order valence-electron chi connectivity index (χ2n) is 5.30. The molecule has 0 bridgehead atoms. The smallest absolute Gasteiger partial charge is 0.192 e. The third-order valence-electron chi connectivity index (χ3n) is 4.14. The number of hydrogen-bond donors (Lipinski definition) is 0. The van der Waals surface area contributed by atoms with Crippen molar-refractivity contribution >= 4 is 10.9 Å². The van der Waals surface area contributed by atoms with E-state index in [4.69, 9.17) is 0 Å². The summed E-state index contributed by atoms with van der Waals surface area (Å²) in [6.07, 6.45) is 2.98. The molecule has 2 aromatic carbocycles. The van der Waals surface area contributed by atoms with Crippen LogP contribution >= 0.6 is 0 Å². The Kier molecular flexibility index (Phi) is 2.49. The van der Waals surface area contributed by atoms with Crippen molar-refractivity contribution in [2.24, 2.45) is 0 Å². The zero-order valence-corrected chi connectivity index (χ0v) is 11.2. The summed E-state index contributed by atoms with van der Waals surface area (Å²) in [6, 6.07) is 18.3. The molecule has 0 atom stereocenters. The lowest BCUT2D eigenvalue weighted by molar-refractivity contribution is 0.877. The predicted molar refractivity (Wildman–Crippen MR) is 81.6 cm³/mol. The van der Waals surface area contributed by atoms with E-state index in [2.05, 4.69) is 16.7 Å². The number of benzene rings is 2. The molecule has 2 nitrogen and oxygen atoms in total. The Morgan fingerprint density at radius 2 is 1.60 bits per heavy atom. The minimum atomic E-state index is 0.222. The molecule has 3 aromatic rings. The highest BCUT2D eigenvalue weighted by Crippen LogP contribution is 2.27. The fourth-order valence-corrected chi connectivity index (χ4v) is 3.26. The van der Waals surface area contributed by atoms with Crippen molar-refractivity contribution in [2.75, 3.05) is 0 Å². The van der Waals surface area contributed by atoms with Gasteiger partial charge in [0.25, 0.3) is 0 Å². The molecule has 2 heteroatoms. The molecule has 0 fully saturated rings. The Morgan fingerprint density at radius 3 is 2.45 bits per heavy atom. The van der Waals surface area contributed by atoms with Gasteiger partial charge in [0.1, 0.15) is 0 Å². The molecule has 0 saturated heterocycles. The van der Waals surface area contributed by atoms with Crippen molar-refractivity contribution in [1.29, 1.82) is 0 Å². The molecule has 98 valence electrons. The SMILES string of the molecule is O=c1c2c(n(-c3ccccc3)c3ccccc13)CCC2. The number of pyridine rings is 1. The van der Waals surface area contributed by atoms with Crippen LogP contribution in [0.4, 0.5) is 0 Å². The summed E-state index contributed by atoms with van der Waals surface area (Å²) < 4.78 is 2.26. The van der Waals surface area contributed by atoms with E-state index in [1.807, 2.05) is 42.5 Å². The van der Waals surface area contributed by atoms with E-state index in [1.165, 1.54) is 5.69 Å². The van der Waals surface area contributed by atoms with Gasteiger partial charge in [-0.15, -0.1) is 0 Å². The molecule has 20 heavy (non-hydrogen) atoms. The maximum absolute atomic E-state index is 12.6. The first-order valence-electron chi connectivity index (χ1n) is 7.07. The fraction of sp³-hybridized carbons (Fsp3) is 0.167. The molecule has 4 rings (SSSR count). The highest BCUT2D eigenvalue weighted by atomic mass is 16.1. The highest BCUT2D eigenvalue weighted by molar-refractivity contribution is 5.82. The molecule has 0 amide bonds. The molecule has 0 spiro atoms. The van der Waals surface area contributed by atoms with Gasteiger partial charge in [-0.2, -0.15) is 0 Å². The number of nitrogens with zero attached hydrogens (tertiary/aromatic N) is 1. The fourth-order valence-electron chi connectivity index (χ4n) is 3.26. The third-order valence-corrected chi connectivity index (χ3v) is 4.14. The molecule has 0 N–H and O–H groups in total. The van der Waals surface area contributed by atoms with Crippen molar-refractivity contribution in [3.63, 3.8) is 0 Å². The summed E-state index contributed by atoms with van der Waals surface area (Å²) in [5, 5.41) is 0.831. The van der Waals surface area contributed by atoms with E-state index in [1.54, 1.807) is 0 Å². The van der Waals surface area contributed by atoms with E-state index in [9.17, 15) is 4.79 Å². The van der Waals surface area contributed by atoms with Crippen LogP contribution in [0.25, 0.3) is 16.6 Å². The summed E-state index contributed by atoms with van der Waals surface area (Å²) in [4.78, 5) is 12.6. The molecule has 1 aromatic heterocycles. The Hall–Kier alpha value is -2.35. The summed E-state index contributed by atoms with van der Waals surface area (Å²) in [5.74, 6) is 0. The Balaban J connectivity index is 2.20. The monoisotopic (exact) mass is 261 g/mol. The zero-order chi connectivity index (χ0) is 13.5. The van der Waals surface area contributed by atoms with Gasteiger partial charge in [0, 0.05) is 22.3 Å². The van der Waals surface area contributed by atoms with E-state index < -0.39 is 0 Å². The van der Waals surface area contributed by atoms with Gasteiger partial charge in [0.15, 0.2) is 5.43 Å². The first-order valence-corrected chi connectivity index (χ1v) is 7.07. The van der Waals surface area contributed by atoms with Crippen LogP contribution in [-0.2, 0) is 12.8 Å². The van der Waals surface area contributed by atoms with Gasteiger partial charge >= 0.3 is 0 Å². The zero-order valence-electron chi connectivity index (χ0n) is 11.2. The van der Waals surface area contributed by atoms with Crippen molar-refractivity contribution < 1.29 is 0 Å². The number of rotatable bonds is 1. The van der Waals surface area contributed by atoms with Crippen LogP contribution < -0.4 is 5.43 Å². The minimum absolute atomic E-state index is 0.222. The van der Waals surface area contributed by atoms with Crippen LogP contribution in [0, 0.1) is 0 Å². The van der Waals surface area contributed by atoms with Crippen LogP contribution in [0.3, 0.4) is 0 Å². The van der Waals surface area contributed by atoms with Gasteiger partial charge in [0.2, 0.25) is 0 Å². The van der Waals surface area contributed by atoms with Gasteiger partial charge in [-0.1, -0.05) is 30.3 Å². The minimum Gasteiger partial charge on any atom is -0.313 e. The second-order valence-corrected chi connectivity index (χ2v) is 5.30. The van der Waals surface area contributed by atoms with Crippen molar-refractivity contribution in [3.05, 3.63) is 76.1 Å². The maximum Gasteiger partial charge on any atom is 0.192 e. The van der Waals surface area contributed by atoms with Gasteiger partial charge in [-0.3, -0.25) is 4.79 Å². The lowest BCUT2D eigenvalue weighted by Crippen LogP contribution is -2.16. The van der Waals surface area contributed by atoms with Crippen LogP contribution in [-0.4, -0.2) is 4.57 Å². The Labute approximate surface area is 117 Å². The highest BCUT2D eigenvalue weighted by Gasteiger charge is 2.21. The van der Waals surface area contributed by atoms with Crippen LogP contribution in [0.1, 0.15) is 17.7 Å². The molecule has 1 aliphatic rings. The summed E-state index contributed by atoms with van der Waals surface area (Å²) >= 11 is 0. The Morgan fingerprint density at radius 1 is 0.850 bits per heavy atom. The second kappa shape index (κ2) is 4.34. The van der Waals surface area contributed by atoms with E-state index in [0.29, 0.717) is 0 Å². The van der Waals surface area contributed by atoms with Crippen molar-refractivity contribution in [1.82, 2.24) is 4.57 Å². The first kappa shape index (κ1) is 11.5. The molecule has 1 aliphatic carbocycles. The molecule has 0 saturated carbocycles. The average molecular weight is 261 g/mol. The van der Waals surface area contributed by atoms with Gasteiger partial charge in [0.05, 0.1) is 5.52 Å². The Bertz CT molecular complexity index is 846. The van der Waals surface area contributed by atoms with Crippen molar-refractivity contribution in [2.45, 2.75) is 19.3 Å². The summed E-state index contributed by atoms with van der Waals surface area (Å²) in [5.41, 5.74) is 4.58. The van der Waals surface area contributed by atoms with Crippen LogP contribution in [0.2, 0.25) is 0 Å². The third kappa shape index (κ3) is 1.54. The summed E-state index contributed by atoms with van der Waals surface area (Å²) in [7, 11) is 0. The lowest BCUT2D eigenvalue weighted by Gasteiger charge is -2.16. The number of fused-ring (bicyclic) bond motifs is 2. The average Bonchev–Trinajstić information content (AvgIpc) is 2.98. The number of para-hydroxylation sites is 2.